The van der Waals surface area contributed by atoms with Crippen LogP contribution in [0.3, 0.4) is 0 Å². The number of rotatable bonds is 4. The second-order valence-corrected chi connectivity index (χ2v) is 7.24. The van der Waals surface area contributed by atoms with Crippen LogP contribution in [0.1, 0.15) is 18.3 Å². The molecule has 138 valence electrons. The molecule has 0 bridgehead atoms. The van der Waals surface area contributed by atoms with Crippen molar-refractivity contribution in [3.05, 3.63) is 35.7 Å². The van der Waals surface area contributed by atoms with Gasteiger partial charge in [0.15, 0.2) is 0 Å². The lowest BCUT2D eigenvalue weighted by molar-refractivity contribution is 0.0174. The van der Waals surface area contributed by atoms with Crippen LogP contribution >= 0.6 is 0 Å². The first-order valence-corrected chi connectivity index (χ1v) is 9.34. The summed E-state index contributed by atoms with van der Waals surface area (Å²) in [6.07, 6.45) is 0. The Morgan fingerprint density at radius 3 is 2.65 bits per heavy atom. The summed E-state index contributed by atoms with van der Waals surface area (Å²) >= 11 is 0. The van der Waals surface area contributed by atoms with Gasteiger partial charge in [0.2, 0.25) is 0 Å². The van der Waals surface area contributed by atoms with Crippen molar-refractivity contribution in [2.75, 3.05) is 33.4 Å². The summed E-state index contributed by atoms with van der Waals surface area (Å²) in [6, 6.07) is 9.00. The third-order valence-corrected chi connectivity index (χ3v) is 5.47. The molecule has 1 aromatic carbocycles. The van der Waals surface area contributed by atoms with Crippen LogP contribution < -0.4 is 4.74 Å². The van der Waals surface area contributed by atoms with Gasteiger partial charge in [0.05, 0.1) is 37.1 Å². The molecule has 26 heavy (non-hydrogen) atoms. The molecule has 0 radical (unpaired) electrons. The monoisotopic (exact) mass is 353 g/mol. The van der Waals surface area contributed by atoms with Crippen molar-refractivity contribution in [2.45, 2.75) is 33.4 Å². The highest BCUT2D eigenvalue weighted by Crippen LogP contribution is 2.33. The standard InChI is InChI=1S/C21H27N3O2/c1-14-11-19-18-6-5-17(25-4)12-20(18)24(21(19)16(3)22-14)13-15(2)23-7-9-26-10-8-23/h5-6,11-12,15H,7-10,13H2,1-4H3. The van der Waals surface area contributed by atoms with E-state index < -0.39 is 0 Å². The second-order valence-electron chi connectivity index (χ2n) is 7.24. The van der Waals surface area contributed by atoms with Crippen LogP contribution in [-0.2, 0) is 11.3 Å². The summed E-state index contributed by atoms with van der Waals surface area (Å²) in [5.41, 5.74) is 4.60. The van der Waals surface area contributed by atoms with E-state index in [1.54, 1.807) is 7.11 Å². The van der Waals surface area contributed by atoms with Crippen molar-refractivity contribution in [1.29, 1.82) is 0 Å². The molecule has 0 N–H and O–H groups in total. The van der Waals surface area contributed by atoms with Crippen molar-refractivity contribution in [3.63, 3.8) is 0 Å². The highest BCUT2D eigenvalue weighted by molar-refractivity contribution is 6.09. The third-order valence-electron chi connectivity index (χ3n) is 5.47. The van der Waals surface area contributed by atoms with E-state index in [-0.39, 0.29) is 0 Å². The number of nitrogens with zero attached hydrogens (tertiary/aromatic N) is 3. The second kappa shape index (κ2) is 6.89. The van der Waals surface area contributed by atoms with Gasteiger partial charge in [-0.3, -0.25) is 9.88 Å². The number of ether oxygens (including phenoxy) is 2. The Bertz CT molecular complexity index is 941. The van der Waals surface area contributed by atoms with E-state index >= 15 is 0 Å². The first-order chi connectivity index (χ1) is 12.6. The fourth-order valence-electron chi connectivity index (χ4n) is 4.17. The SMILES string of the molecule is COc1ccc2c3cc(C)nc(C)c3n(CC(C)N3CCOCC3)c2c1. The number of fused-ring (bicyclic) bond motifs is 3. The van der Waals surface area contributed by atoms with E-state index in [0.29, 0.717) is 6.04 Å². The zero-order valence-electron chi connectivity index (χ0n) is 16.1. The third kappa shape index (κ3) is 2.95. The smallest absolute Gasteiger partial charge is 0.120 e. The van der Waals surface area contributed by atoms with Crippen molar-refractivity contribution >= 4 is 21.8 Å². The summed E-state index contributed by atoms with van der Waals surface area (Å²) in [6.45, 7) is 11.1. The molecule has 3 heterocycles. The van der Waals surface area contributed by atoms with E-state index in [9.17, 15) is 0 Å². The van der Waals surface area contributed by atoms with Gasteiger partial charge in [-0.2, -0.15) is 0 Å². The molecule has 0 aliphatic carbocycles. The molecule has 3 aromatic rings. The molecule has 5 heteroatoms. The molecule has 1 saturated heterocycles. The summed E-state index contributed by atoms with van der Waals surface area (Å²) in [5, 5.41) is 2.55. The van der Waals surface area contributed by atoms with Gasteiger partial charge >= 0.3 is 0 Å². The molecule has 1 fully saturated rings. The van der Waals surface area contributed by atoms with Crippen molar-refractivity contribution in [1.82, 2.24) is 14.5 Å². The van der Waals surface area contributed by atoms with Crippen LogP contribution in [0.2, 0.25) is 0 Å². The fourth-order valence-corrected chi connectivity index (χ4v) is 4.17. The van der Waals surface area contributed by atoms with Crippen molar-refractivity contribution < 1.29 is 9.47 Å². The average Bonchev–Trinajstić information content (AvgIpc) is 2.95. The van der Waals surface area contributed by atoms with Gasteiger partial charge < -0.3 is 14.0 Å². The van der Waals surface area contributed by atoms with Crippen LogP contribution in [0.15, 0.2) is 24.3 Å². The predicted molar refractivity (Wildman–Crippen MR) is 105 cm³/mol. The van der Waals surface area contributed by atoms with E-state index in [2.05, 4.69) is 48.4 Å². The summed E-state index contributed by atoms with van der Waals surface area (Å²) in [5.74, 6) is 0.892. The Morgan fingerprint density at radius 2 is 1.92 bits per heavy atom. The molecular weight excluding hydrogens is 326 g/mol. The minimum Gasteiger partial charge on any atom is -0.497 e. The molecule has 0 saturated carbocycles. The van der Waals surface area contributed by atoms with Gasteiger partial charge in [0.1, 0.15) is 5.75 Å². The van der Waals surface area contributed by atoms with Gasteiger partial charge in [-0.05, 0) is 39.0 Å². The van der Waals surface area contributed by atoms with Crippen molar-refractivity contribution in [3.8, 4) is 5.75 Å². The van der Waals surface area contributed by atoms with Gasteiger partial charge in [0.25, 0.3) is 0 Å². The lowest BCUT2D eigenvalue weighted by Crippen LogP contribution is -2.43. The normalized spacial score (nSPS) is 17.1. The van der Waals surface area contributed by atoms with E-state index in [1.807, 2.05) is 6.07 Å². The molecule has 1 atom stereocenters. The topological polar surface area (TPSA) is 39.5 Å². The summed E-state index contributed by atoms with van der Waals surface area (Å²) in [7, 11) is 1.72. The minimum absolute atomic E-state index is 0.435. The Morgan fingerprint density at radius 1 is 1.15 bits per heavy atom. The maximum atomic E-state index is 5.51. The molecule has 0 spiro atoms. The number of methoxy groups -OCH3 is 1. The zero-order chi connectivity index (χ0) is 18.3. The zero-order valence-corrected chi connectivity index (χ0v) is 16.1. The number of aryl methyl sites for hydroxylation is 2. The maximum absolute atomic E-state index is 5.51. The minimum atomic E-state index is 0.435. The number of pyridine rings is 1. The van der Waals surface area contributed by atoms with Gasteiger partial charge in [-0.25, -0.2) is 0 Å². The first kappa shape index (κ1) is 17.3. The van der Waals surface area contributed by atoms with Crippen LogP contribution in [0.5, 0.6) is 5.75 Å². The molecule has 2 aromatic heterocycles. The Hall–Kier alpha value is -2.11. The average molecular weight is 353 g/mol. The first-order valence-electron chi connectivity index (χ1n) is 9.34. The fraction of sp³-hybridized carbons (Fsp3) is 0.476. The van der Waals surface area contributed by atoms with Gasteiger partial charge in [0, 0.05) is 48.2 Å². The highest BCUT2D eigenvalue weighted by atomic mass is 16.5. The number of hydrogen-bond donors (Lipinski definition) is 0. The maximum Gasteiger partial charge on any atom is 0.120 e. The van der Waals surface area contributed by atoms with Gasteiger partial charge in [-0.15, -0.1) is 0 Å². The Balaban J connectivity index is 1.86. The molecule has 1 unspecified atom stereocenters. The van der Waals surface area contributed by atoms with E-state index in [0.717, 1.165) is 50.0 Å². The number of benzene rings is 1. The van der Waals surface area contributed by atoms with Crippen LogP contribution in [-0.4, -0.2) is 53.9 Å². The Kier molecular flexibility index (Phi) is 4.59. The summed E-state index contributed by atoms with van der Waals surface area (Å²) in [4.78, 5) is 7.25. The number of hydrogen-bond acceptors (Lipinski definition) is 4. The molecule has 4 rings (SSSR count). The molecular formula is C21H27N3O2. The quantitative estimate of drug-likeness (QED) is 0.719. The molecule has 1 aliphatic heterocycles. The van der Waals surface area contributed by atoms with Crippen LogP contribution in [0, 0.1) is 13.8 Å². The van der Waals surface area contributed by atoms with Crippen molar-refractivity contribution in [2.24, 2.45) is 0 Å². The number of aromatic nitrogens is 2. The van der Waals surface area contributed by atoms with Gasteiger partial charge in [-0.1, -0.05) is 0 Å². The van der Waals surface area contributed by atoms with E-state index in [1.165, 1.54) is 21.8 Å². The Labute approximate surface area is 154 Å². The number of morpholine rings is 1. The van der Waals surface area contributed by atoms with Crippen LogP contribution in [0.25, 0.3) is 21.8 Å². The predicted octanol–water partition coefficient (Wildman–Crippen LogP) is 3.54. The molecule has 0 amide bonds. The molecule has 1 aliphatic rings. The molecule has 5 nitrogen and oxygen atoms in total. The highest BCUT2D eigenvalue weighted by Gasteiger charge is 2.21. The van der Waals surface area contributed by atoms with Crippen LogP contribution in [0.4, 0.5) is 0 Å². The summed E-state index contributed by atoms with van der Waals surface area (Å²) < 4.78 is 13.4. The lowest BCUT2D eigenvalue weighted by atomic mass is 10.1. The lowest BCUT2D eigenvalue weighted by Gasteiger charge is -2.32. The van der Waals surface area contributed by atoms with E-state index in [4.69, 9.17) is 14.5 Å². The largest absolute Gasteiger partial charge is 0.497 e.